The molecule has 2 aliphatic rings. The minimum Gasteiger partial charge on any atom is -0.368 e. The van der Waals surface area contributed by atoms with Crippen molar-refractivity contribution in [3.8, 4) is 0 Å². The van der Waals surface area contributed by atoms with Crippen molar-refractivity contribution in [2.24, 2.45) is 0 Å². The number of thiocarbonyl (C=S) groups is 1. The van der Waals surface area contributed by atoms with Crippen molar-refractivity contribution in [2.75, 3.05) is 37.6 Å². The van der Waals surface area contributed by atoms with Crippen molar-refractivity contribution >= 4 is 28.9 Å². The first-order valence-corrected chi connectivity index (χ1v) is 9.53. The lowest BCUT2D eigenvalue weighted by Crippen LogP contribution is -2.62. The maximum atomic E-state index is 13.1. The van der Waals surface area contributed by atoms with E-state index in [1.165, 1.54) is 12.1 Å². The van der Waals surface area contributed by atoms with Gasteiger partial charge in [-0.1, -0.05) is 0 Å². The lowest BCUT2D eigenvalue weighted by Gasteiger charge is -2.45. The van der Waals surface area contributed by atoms with Crippen molar-refractivity contribution in [2.45, 2.75) is 38.8 Å². The van der Waals surface area contributed by atoms with Gasteiger partial charge >= 0.3 is 0 Å². The molecule has 1 N–H and O–H groups in total. The molecule has 1 aromatic rings. The second-order valence-electron chi connectivity index (χ2n) is 7.84. The van der Waals surface area contributed by atoms with Crippen LogP contribution >= 0.6 is 12.2 Å². The Morgan fingerprint density at radius 1 is 1.23 bits per heavy atom. The monoisotopic (exact) mass is 378 g/mol. The van der Waals surface area contributed by atoms with Gasteiger partial charge in [-0.05, 0) is 63.7 Å². The molecule has 0 bridgehead atoms. The summed E-state index contributed by atoms with van der Waals surface area (Å²) in [7, 11) is 0. The molecule has 2 aliphatic heterocycles. The number of piperazine rings is 1. The van der Waals surface area contributed by atoms with Gasteiger partial charge in [0.1, 0.15) is 5.82 Å². The molecule has 3 rings (SSSR count). The molecular weight excluding hydrogens is 351 g/mol. The SMILES string of the molecule is CC1CC(C)(C)NC(=S)N1CC(=O)N1CCN(c2ccc(F)cc2)CC1. The maximum Gasteiger partial charge on any atom is 0.242 e. The Bertz CT molecular complexity index is 671. The quantitative estimate of drug-likeness (QED) is 0.817. The first kappa shape index (κ1) is 18.9. The molecule has 0 radical (unpaired) electrons. The van der Waals surface area contributed by atoms with Crippen LogP contribution in [-0.2, 0) is 4.79 Å². The van der Waals surface area contributed by atoms with Crippen LogP contribution in [0.3, 0.4) is 0 Å². The van der Waals surface area contributed by atoms with Crippen LogP contribution in [0.4, 0.5) is 10.1 Å². The number of hydrogen-bond donors (Lipinski definition) is 1. The van der Waals surface area contributed by atoms with Gasteiger partial charge in [0.2, 0.25) is 5.91 Å². The summed E-state index contributed by atoms with van der Waals surface area (Å²) in [4.78, 5) is 18.8. The molecule has 1 atom stereocenters. The molecule has 2 heterocycles. The van der Waals surface area contributed by atoms with E-state index < -0.39 is 0 Å². The lowest BCUT2D eigenvalue weighted by molar-refractivity contribution is -0.132. The molecule has 1 aromatic carbocycles. The van der Waals surface area contributed by atoms with Gasteiger partial charge in [-0.2, -0.15) is 0 Å². The predicted molar refractivity (Wildman–Crippen MR) is 106 cm³/mol. The fourth-order valence-electron chi connectivity index (χ4n) is 3.80. The molecule has 7 heteroatoms. The third kappa shape index (κ3) is 4.26. The molecule has 26 heavy (non-hydrogen) atoms. The van der Waals surface area contributed by atoms with Crippen molar-refractivity contribution < 1.29 is 9.18 Å². The Kier molecular flexibility index (Phi) is 5.37. The Labute approximate surface area is 160 Å². The number of nitrogens with zero attached hydrogens (tertiary/aromatic N) is 3. The van der Waals surface area contributed by atoms with E-state index in [4.69, 9.17) is 12.2 Å². The molecule has 1 amide bonds. The minimum absolute atomic E-state index is 0.0309. The smallest absolute Gasteiger partial charge is 0.242 e. The fraction of sp³-hybridized carbons (Fsp3) is 0.579. The molecule has 0 aromatic heterocycles. The van der Waals surface area contributed by atoms with E-state index in [0.717, 1.165) is 25.2 Å². The summed E-state index contributed by atoms with van der Waals surface area (Å²) in [5, 5.41) is 3.98. The molecule has 0 saturated carbocycles. The third-order valence-electron chi connectivity index (χ3n) is 5.17. The Balaban J connectivity index is 1.54. The molecule has 0 aliphatic carbocycles. The number of carbonyl (C=O) groups excluding carboxylic acids is 1. The second kappa shape index (κ2) is 7.39. The zero-order chi connectivity index (χ0) is 18.9. The van der Waals surface area contributed by atoms with E-state index in [-0.39, 0.29) is 23.3 Å². The van der Waals surface area contributed by atoms with E-state index in [2.05, 4.69) is 31.0 Å². The summed E-state index contributed by atoms with van der Waals surface area (Å²) >= 11 is 5.47. The van der Waals surface area contributed by atoms with Gasteiger partial charge in [0.15, 0.2) is 5.11 Å². The topological polar surface area (TPSA) is 38.8 Å². The number of rotatable bonds is 3. The number of nitrogens with one attached hydrogen (secondary N) is 1. The van der Waals surface area contributed by atoms with Crippen LogP contribution in [0.1, 0.15) is 27.2 Å². The van der Waals surface area contributed by atoms with Crippen LogP contribution in [0.2, 0.25) is 0 Å². The zero-order valence-corrected chi connectivity index (χ0v) is 16.5. The third-order valence-corrected chi connectivity index (χ3v) is 5.51. The fourth-order valence-corrected chi connectivity index (χ4v) is 4.32. The van der Waals surface area contributed by atoms with Gasteiger partial charge in [-0.25, -0.2) is 4.39 Å². The van der Waals surface area contributed by atoms with Crippen LogP contribution in [0, 0.1) is 5.82 Å². The Hall–Kier alpha value is -1.89. The highest BCUT2D eigenvalue weighted by atomic mass is 32.1. The summed E-state index contributed by atoms with van der Waals surface area (Å²) in [6.07, 6.45) is 0.943. The van der Waals surface area contributed by atoms with Gasteiger partial charge in [-0.15, -0.1) is 0 Å². The first-order valence-electron chi connectivity index (χ1n) is 9.12. The van der Waals surface area contributed by atoms with Crippen LogP contribution in [0.25, 0.3) is 0 Å². The van der Waals surface area contributed by atoms with Gasteiger partial charge in [0, 0.05) is 43.4 Å². The molecule has 5 nitrogen and oxygen atoms in total. The average Bonchev–Trinajstić information content (AvgIpc) is 2.58. The Morgan fingerprint density at radius 2 is 1.85 bits per heavy atom. The van der Waals surface area contributed by atoms with E-state index in [1.54, 1.807) is 12.1 Å². The van der Waals surface area contributed by atoms with Crippen LogP contribution in [-0.4, -0.2) is 65.1 Å². The lowest BCUT2D eigenvalue weighted by atomic mass is 9.93. The van der Waals surface area contributed by atoms with Crippen molar-refractivity contribution in [3.05, 3.63) is 30.1 Å². The largest absolute Gasteiger partial charge is 0.368 e. The summed E-state index contributed by atoms with van der Waals surface area (Å²) < 4.78 is 13.1. The highest BCUT2D eigenvalue weighted by Crippen LogP contribution is 2.22. The maximum absolute atomic E-state index is 13.1. The number of hydrogen-bond acceptors (Lipinski definition) is 3. The van der Waals surface area contributed by atoms with Crippen molar-refractivity contribution in [3.63, 3.8) is 0 Å². The van der Waals surface area contributed by atoms with Gasteiger partial charge in [0.05, 0.1) is 6.54 Å². The molecule has 142 valence electrons. The van der Waals surface area contributed by atoms with Gasteiger partial charge in [-0.3, -0.25) is 4.79 Å². The standard InChI is InChI=1S/C19H27FN4OS/c1-14-12-19(2,3)21-18(26)24(14)13-17(25)23-10-8-22(9-11-23)16-6-4-15(20)5-7-16/h4-7,14H,8-13H2,1-3H3,(H,21,26). The summed E-state index contributed by atoms with van der Waals surface area (Å²) in [5.41, 5.74) is 0.965. The van der Waals surface area contributed by atoms with Gasteiger partial charge < -0.3 is 20.0 Å². The number of halogens is 1. The molecule has 2 saturated heterocycles. The van der Waals surface area contributed by atoms with E-state index in [1.807, 2.05) is 9.80 Å². The average molecular weight is 379 g/mol. The van der Waals surface area contributed by atoms with Crippen LogP contribution in [0.5, 0.6) is 0 Å². The molecular formula is C19H27FN4OS. The highest BCUT2D eigenvalue weighted by molar-refractivity contribution is 7.80. The normalized spacial score (nSPS) is 23.0. The number of carbonyl (C=O) groups is 1. The summed E-state index contributed by atoms with van der Waals surface area (Å²) in [5.74, 6) is -0.120. The van der Waals surface area contributed by atoms with Gasteiger partial charge in [0.25, 0.3) is 0 Å². The first-order chi connectivity index (χ1) is 12.2. The van der Waals surface area contributed by atoms with Crippen LogP contribution < -0.4 is 10.2 Å². The van der Waals surface area contributed by atoms with E-state index in [0.29, 0.717) is 24.7 Å². The zero-order valence-electron chi connectivity index (χ0n) is 15.7. The molecule has 0 spiro atoms. The summed E-state index contributed by atoms with van der Waals surface area (Å²) in [6, 6.07) is 6.76. The molecule has 1 unspecified atom stereocenters. The highest BCUT2D eigenvalue weighted by Gasteiger charge is 2.35. The minimum atomic E-state index is -0.231. The van der Waals surface area contributed by atoms with Crippen molar-refractivity contribution in [1.29, 1.82) is 0 Å². The van der Waals surface area contributed by atoms with E-state index >= 15 is 0 Å². The molecule has 2 fully saturated rings. The van der Waals surface area contributed by atoms with Crippen LogP contribution in [0.15, 0.2) is 24.3 Å². The Morgan fingerprint density at radius 3 is 2.42 bits per heavy atom. The number of amides is 1. The second-order valence-corrected chi connectivity index (χ2v) is 8.23. The summed E-state index contributed by atoms with van der Waals surface area (Å²) in [6.45, 7) is 9.54. The predicted octanol–water partition coefficient (Wildman–Crippen LogP) is 2.22. The van der Waals surface area contributed by atoms with Crippen molar-refractivity contribution in [1.82, 2.24) is 15.1 Å². The number of anilines is 1. The van der Waals surface area contributed by atoms with E-state index in [9.17, 15) is 9.18 Å². The number of benzene rings is 1.